The number of rotatable bonds is 5. The Hall–Kier alpha value is -1.61. The number of nitrogens with two attached hydrogens (primary N) is 1. The van der Waals surface area contributed by atoms with Crippen LogP contribution in [0.25, 0.3) is 0 Å². The highest BCUT2D eigenvalue weighted by Crippen LogP contribution is 2.49. The Bertz CT molecular complexity index is 573. The van der Waals surface area contributed by atoms with E-state index in [2.05, 4.69) is 48.4 Å². The highest BCUT2D eigenvalue weighted by atomic mass is 15.3. The summed E-state index contributed by atoms with van der Waals surface area (Å²) in [4.78, 5) is 0. The molecule has 3 heteroatoms. The SMILES string of the molecule is CCc1cc(CC(N)C2CC2c2ccccc2)n(C)n1. The quantitative estimate of drug-likeness (QED) is 0.907. The van der Waals surface area contributed by atoms with Crippen molar-refractivity contribution in [1.82, 2.24) is 9.78 Å². The zero-order valence-corrected chi connectivity index (χ0v) is 12.3. The van der Waals surface area contributed by atoms with E-state index in [1.54, 1.807) is 0 Å². The number of benzene rings is 1. The van der Waals surface area contributed by atoms with Gasteiger partial charge in [0.2, 0.25) is 0 Å². The van der Waals surface area contributed by atoms with Crippen LogP contribution in [-0.4, -0.2) is 15.8 Å². The molecule has 3 nitrogen and oxygen atoms in total. The molecule has 1 aliphatic carbocycles. The summed E-state index contributed by atoms with van der Waals surface area (Å²) in [5, 5.41) is 4.50. The molecule has 0 saturated heterocycles. The first-order chi connectivity index (χ1) is 9.69. The van der Waals surface area contributed by atoms with Crippen LogP contribution in [0.4, 0.5) is 0 Å². The standard InChI is InChI=1S/C17H23N3/c1-3-13-9-14(20(2)19-13)10-17(18)16-11-15(16)12-7-5-4-6-8-12/h4-9,15-17H,3,10-11,18H2,1-2H3. The monoisotopic (exact) mass is 269 g/mol. The third-order valence-electron chi connectivity index (χ3n) is 4.45. The van der Waals surface area contributed by atoms with Crippen LogP contribution in [0, 0.1) is 5.92 Å². The van der Waals surface area contributed by atoms with E-state index in [9.17, 15) is 0 Å². The average Bonchev–Trinajstić information content (AvgIpc) is 3.20. The van der Waals surface area contributed by atoms with Gasteiger partial charge in [0, 0.05) is 25.2 Å². The third-order valence-corrected chi connectivity index (χ3v) is 4.45. The van der Waals surface area contributed by atoms with Crippen molar-refractivity contribution in [2.75, 3.05) is 0 Å². The van der Waals surface area contributed by atoms with Crippen LogP contribution in [0.2, 0.25) is 0 Å². The Morgan fingerprint density at radius 1 is 1.35 bits per heavy atom. The van der Waals surface area contributed by atoms with Crippen molar-refractivity contribution in [2.24, 2.45) is 18.7 Å². The van der Waals surface area contributed by atoms with Crippen LogP contribution in [0.15, 0.2) is 36.4 Å². The summed E-state index contributed by atoms with van der Waals surface area (Å²) in [6.07, 6.45) is 3.14. The Morgan fingerprint density at radius 3 is 2.75 bits per heavy atom. The van der Waals surface area contributed by atoms with Gasteiger partial charge in [-0.05, 0) is 36.3 Å². The average molecular weight is 269 g/mol. The van der Waals surface area contributed by atoms with Gasteiger partial charge in [0.05, 0.1) is 5.69 Å². The molecule has 1 aromatic carbocycles. The first-order valence-corrected chi connectivity index (χ1v) is 7.51. The minimum absolute atomic E-state index is 0.236. The van der Waals surface area contributed by atoms with Gasteiger partial charge in [-0.1, -0.05) is 37.3 Å². The Morgan fingerprint density at radius 2 is 2.10 bits per heavy atom. The molecule has 2 aromatic rings. The first kappa shape index (κ1) is 13.4. The fourth-order valence-electron chi connectivity index (χ4n) is 3.10. The van der Waals surface area contributed by atoms with E-state index in [0.717, 1.165) is 18.5 Å². The van der Waals surface area contributed by atoms with Crippen LogP contribution in [0.5, 0.6) is 0 Å². The third kappa shape index (κ3) is 2.63. The van der Waals surface area contributed by atoms with Crippen molar-refractivity contribution in [3.05, 3.63) is 53.3 Å². The topological polar surface area (TPSA) is 43.8 Å². The molecule has 0 radical (unpaired) electrons. The van der Waals surface area contributed by atoms with Crippen molar-refractivity contribution in [2.45, 2.75) is 38.1 Å². The van der Waals surface area contributed by atoms with E-state index >= 15 is 0 Å². The highest BCUT2D eigenvalue weighted by molar-refractivity contribution is 5.27. The Kier molecular flexibility index (Phi) is 3.62. The van der Waals surface area contributed by atoms with Gasteiger partial charge >= 0.3 is 0 Å². The summed E-state index contributed by atoms with van der Waals surface area (Å²) in [7, 11) is 2.02. The summed E-state index contributed by atoms with van der Waals surface area (Å²) in [5.74, 6) is 1.28. The lowest BCUT2D eigenvalue weighted by Gasteiger charge is -2.11. The molecule has 0 spiro atoms. The van der Waals surface area contributed by atoms with Gasteiger partial charge in [0.1, 0.15) is 0 Å². The molecular weight excluding hydrogens is 246 g/mol. The summed E-state index contributed by atoms with van der Waals surface area (Å²) < 4.78 is 1.98. The van der Waals surface area contributed by atoms with E-state index < -0.39 is 0 Å². The maximum atomic E-state index is 6.42. The number of hydrogen-bond acceptors (Lipinski definition) is 2. The lowest BCUT2D eigenvalue weighted by molar-refractivity contribution is 0.551. The Labute approximate surface area is 120 Å². The molecule has 1 aromatic heterocycles. The molecule has 1 aliphatic rings. The number of aromatic nitrogens is 2. The fraction of sp³-hybridized carbons (Fsp3) is 0.471. The minimum Gasteiger partial charge on any atom is -0.327 e. The van der Waals surface area contributed by atoms with Crippen LogP contribution in [-0.2, 0) is 19.9 Å². The fourth-order valence-corrected chi connectivity index (χ4v) is 3.10. The largest absolute Gasteiger partial charge is 0.327 e. The minimum atomic E-state index is 0.236. The molecule has 1 saturated carbocycles. The summed E-state index contributed by atoms with van der Waals surface area (Å²) in [6, 6.07) is 13.2. The maximum absolute atomic E-state index is 6.42. The molecule has 1 heterocycles. The summed E-state index contributed by atoms with van der Waals surface area (Å²) in [6.45, 7) is 2.14. The lowest BCUT2D eigenvalue weighted by Crippen LogP contribution is -2.27. The first-order valence-electron chi connectivity index (χ1n) is 7.51. The number of nitrogens with zero attached hydrogens (tertiary/aromatic N) is 2. The second kappa shape index (κ2) is 5.41. The molecule has 106 valence electrons. The van der Waals surface area contributed by atoms with Crippen LogP contribution in [0.1, 0.15) is 36.2 Å². The van der Waals surface area contributed by atoms with Gasteiger partial charge in [0.25, 0.3) is 0 Å². The van der Waals surface area contributed by atoms with Crippen molar-refractivity contribution < 1.29 is 0 Å². The van der Waals surface area contributed by atoms with Gasteiger partial charge in [-0.3, -0.25) is 4.68 Å². The summed E-state index contributed by atoms with van der Waals surface area (Å²) >= 11 is 0. The van der Waals surface area contributed by atoms with Crippen molar-refractivity contribution in [3.8, 4) is 0 Å². The highest BCUT2D eigenvalue weighted by Gasteiger charge is 2.42. The molecule has 3 unspecified atom stereocenters. The molecule has 3 rings (SSSR count). The molecule has 3 atom stereocenters. The zero-order valence-electron chi connectivity index (χ0n) is 12.3. The van der Waals surface area contributed by atoms with Gasteiger partial charge in [-0.2, -0.15) is 5.10 Å². The van der Waals surface area contributed by atoms with Crippen molar-refractivity contribution in [3.63, 3.8) is 0 Å². The molecule has 1 fully saturated rings. The number of hydrogen-bond donors (Lipinski definition) is 1. The molecular formula is C17H23N3. The second-order valence-corrected chi connectivity index (χ2v) is 5.89. The smallest absolute Gasteiger partial charge is 0.0624 e. The van der Waals surface area contributed by atoms with Gasteiger partial charge in [0.15, 0.2) is 0 Å². The normalized spacial score (nSPS) is 22.8. The lowest BCUT2D eigenvalue weighted by atomic mass is 10.0. The molecule has 0 amide bonds. The predicted octanol–water partition coefficient (Wildman–Crippen LogP) is 2.66. The van der Waals surface area contributed by atoms with E-state index in [4.69, 9.17) is 5.73 Å². The van der Waals surface area contributed by atoms with Gasteiger partial charge in [-0.15, -0.1) is 0 Å². The van der Waals surface area contributed by atoms with Crippen LogP contribution in [0.3, 0.4) is 0 Å². The van der Waals surface area contributed by atoms with E-state index in [-0.39, 0.29) is 6.04 Å². The molecule has 0 aliphatic heterocycles. The molecule has 20 heavy (non-hydrogen) atoms. The van der Waals surface area contributed by atoms with E-state index in [1.807, 2.05) is 11.7 Å². The molecule has 2 N–H and O–H groups in total. The predicted molar refractivity (Wildman–Crippen MR) is 81.6 cm³/mol. The summed E-state index contributed by atoms with van der Waals surface area (Å²) in [5.41, 5.74) is 10.3. The van der Waals surface area contributed by atoms with Crippen LogP contribution >= 0.6 is 0 Å². The van der Waals surface area contributed by atoms with Gasteiger partial charge in [-0.25, -0.2) is 0 Å². The van der Waals surface area contributed by atoms with Crippen molar-refractivity contribution in [1.29, 1.82) is 0 Å². The molecule has 0 bridgehead atoms. The van der Waals surface area contributed by atoms with E-state index in [0.29, 0.717) is 11.8 Å². The second-order valence-electron chi connectivity index (χ2n) is 5.89. The zero-order chi connectivity index (χ0) is 14.1. The van der Waals surface area contributed by atoms with Gasteiger partial charge < -0.3 is 5.73 Å². The van der Waals surface area contributed by atoms with Crippen LogP contribution < -0.4 is 5.73 Å². The maximum Gasteiger partial charge on any atom is 0.0624 e. The number of aryl methyl sites for hydroxylation is 2. The Balaban J connectivity index is 1.63. The van der Waals surface area contributed by atoms with Crippen molar-refractivity contribution >= 4 is 0 Å². The van der Waals surface area contributed by atoms with E-state index in [1.165, 1.54) is 17.7 Å².